The second-order valence-corrected chi connectivity index (χ2v) is 10.9. The predicted molar refractivity (Wildman–Crippen MR) is 134 cm³/mol. The van der Waals surface area contributed by atoms with Gasteiger partial charge in [-0.1, -0.05) is 12.1 Å². The van der Waals surface area contributed by atoms with E-state index in [2.05, 4.69) is 15.4 Å². The van der Waals surface area contributed by atoms with E-state index in [1.54, 1.807) is 36.0 Å². The smallest absolute Gasteiger partial charge is 0.253 e. The number of aryl methyl sites for hydroxylation is 2. The van der Waals surface area contributed by atoms with Gasteiger partial charge in [0.15, 0.2) is 15.5 Å². The predicted octanol–water partition coefficient (Wildman–Crippen LogP) is 3.32. The molecule has 4 rings (SSSR count). The molecule has 0 saturated heterocycles. The minimum absolute atomic E-state index is 0.00698. The molecule has 0 bridgehead atoms. The van der Waals surface area contributed by atoms with Crippen LogP contribution in [0.2, 0.25) is 0 Å². The Kier molecular flexibility index (Phi) is 6.33. The van der Waals surface area contributed by atoms with Crippen LogP contribution in [-0.2, 0) is 16.4 Å². The highest BCUT2D eigenvalue weighted by Crippen LogP contribution is 2.27. The van der Waals surface area contributed by atoms with Gasteiger partial charge in [-0.2, -0.15) is 5.10 Å². The lowest BCUT2D eigenvalue weighted by Gasteiger charge is -2.12. The zero-order valence-corrected chi connectivity index (χ0v) is 21.0. The standard InChI is InChI=1S/C25H27N5O4S/c1-14(2)30-23-21(13-27-30)19(24(31)26-12-20-15(3)10-16(4)28-25(20)32)11-22(29-23)17-6-8-18(9-7-17)35(5,33)34/h6-11,13-14H,12H2,1-5H3,(H,26,31)(H,28,32). The lowest BCUT2D eigenvalue weighted by atomic mass is 10.1. The second kappa shape index (κ2) is 9.10. The molecule has 0 radical (unpaired) electrons. The Hall–Kier alpha value is -3.79. The second-order valence-electron chi connectivity index (χ2n) is 8.90. The summed E-state index contributed by atoms with van der Waals surface area (Å²) in [5.41, 5.74) is 3.89. The largest absolute Gasteiger partial charge is 0.348 e. The number of rotatable bonds is 6. The molecule has 3 aromatic heterocycles. The highest BCUT2D eigenvalue weighted by Gasteiger charge is 2.19. The number of benzene rings is 1. The van der Waals surface area contributed by atoms with E-state index < -0.39 is 9.84 Å². The van der Waals surface area contributed by atoms with Crippen molar-refractivity contribution in [3.8, 4) is 11.3 Å². The third-order valence-electron chi connectivity index (χ3n) is 5.80. The Bertz CT molecular complexity index is 1600. The van der Waals surface area contributed by atoms with E-state index >= 15 is 0 Å². The summed E-state index contributed by atoms with van der Waals surface area (Å²) >= 11 is 0. The van der Waals surface area contributed by atoms with Crippen LogP contribution in [0.15, 0.2) is 52.3 Å². The third kappa shape index (κ3) is 4.88. The van der Waals surface area contributed by atoms with Gasteiger partial charge < -0.3 is 10.3 Å². The molecule has 3 heterocycles. The first-order valence-corrected chi connectivity index (χ1v) is 13.0. The van der Waals surface area contributed by atoms with Gasteiger partial charge in [-0.05, 0) is 57.5 Å². The van der Waals surface area contributed by atoms with E-state index in [1.165, 1.54) is 12.1 Å². The summed E-state index contributed by atoms with van der Waals surface area (Å²) in [5.74, 6) is -0.367. The first kappa shape index (κ1) is 24.3. The van der Waals surface area contributed by atoms with E-state index in [0.717, 1.165) is 17.5 Å². The van der Waals surface area contributed by atoms with Crippen LogP contribution < -0.4 is 10.9 Å². The molecule has 0 atom stereocenters. The molecule has 1 aromatic carbocycles. The first-order chi connectivity index (χ1) is 16.5. The van der Waals surface area contributed by atoms with Crippen LogP contribution in [0.3, 0.4) is 0 Å². The van der Waals surface area contributed by atoms with Crippen LogP contribution in [0, 0.1) is 13.8 Å². The number of pyridine rings is 2. The summed E-state index contributed by atoms with van der Waals surface area (Å²) in [6.07, 6.45) is 2.76. The molecule has 0 fully saturated rings. The molecule has 1 amide bonds. The summed E-state index contributed by atoms with van der Waals surface area (Å²) < 4.78 is 25.4. The average molecular weight is 494 g/mol. The molecule has 182 valence electrons. The molecule has 0 aliphatic carbocycles. The van der Waals surface area contributed by atoms with Crippen LogP contribution in [0.5, 0.6) is 0 Å². The number of hydrogen-bond acceptors (Lipinski definition) is 6. The number of aromatic amines is 1. The maximum Gasteiger partial charge on any atom is 0.253 e. The van der Waals surface area contributed by atoms with E-state index in [4.69, 9.17) is 4.98 Å². The number of carbonyl (C=O) groups excluding carboxylic acids is 1. The zero-order valence-electron chi connectivity index (χ0n) is 20.2. The molecule has 0 unspecified atom stereocenters. The SMILES string of the molecule is Cc1cc(C)c(CNC(=O)c2cc(-c3ccc(S(C)(=O)=O)cc3)nc3c2cnn3C(C)C)c(=O)[nH]1. The van der Waals surface area contributed by atoms with Gasteiger partial charge in [0.25, 0.3) is 11.5 Å². The maximum absolute atomic E-state index is 13.3. The molecule has 0 aliphatic rings. The molecule has 4 aromatic rings. The number of nitrogens with one attached hydrogen (secondary N) is 2. The Morgan fingerprint density at radius 2 is 1.83 bits per heavy atom. The molecular weight excluding hydrogens is 466 g/mol. The number of hydrogen-bond donors (Lipinski definition) is 2. The van der Waals surface area contributed by atoms with Crippen molar-refractivity contribution in [2.45, 2.75) is 45.2 Å². The van der Waals surface area contributed by atoms with Crippen molar-refractivity contribution in [1.29, 1.82) is 0 Å². The highest BCUT2D eigenvalue weighted by atomic mass is 32.2. The van der Waals surface area contributed by atoms with Gasteiger partial charge in [-0.3, -0.25) is 9.59 Å². The van der Waals surface area contributed by atoms with Crippen LogP contribution in [0.4, 0.5) is 0 Å². The number of carbonyl (C=O) groups is 1. The van der Waals surface area contributed by atoms with Crippen LogP contribution in [0.1, 0.15) is 47.1 Å². The number of H-pyrrole nitrogens is 1. The van der Waals surface area contributed by atoms with Crippen molar-refractivity contribution >= 4 is 26.8 Å². The zero-order chi connectivity index (χ0) is 25.5. The van der Waals surface area contributed by atoms with Crippen molar-refractivity contribution in [2.24, 2.45) is 0 Å². The number of nitrogens with zero attached hydrogens (tertiary/aromatic N) is 3. The van der Waals surface area contributed by atoms with Crippen molar-refractivity contribution < 1.29 is 13.2 Å². The molecule has 0 aliphatic heterocycles. The van der Waals surface area contributed by atoms with Crippen LogP contribution in [-0.4, -0.2) is 40.3 Å². The number of sulfone groups is 1. The number of aromatic nitrogens is 4. The third-order valence-corrected chi connectivity index (χ3v) is 6.93. The summed E-state index contributed by atoms with van der Waals surface area (Å²) in [4.78, 5) is 33.4. The van der Waals surface area contributed by atoms with Gasteiger partial charge in [0.1, 0.15) is 0 Å². The summed E-state index contributed by atoms with van der Waals surface area (Å²) in [5, 5.41) is 7.85. The molecule has 35 heavy (non-hydrogen) atoms. The molecule has 0 spiro atoms. The Labute approximate surface area is 203 Å². The molecule has 0 saturated carbocycles. The van der Waals surface area contributed by atoms with E-state index in [9.17, 15) is 18.0 Å². The molecule has 10 heteroatoms. The van der Waals surface area contributed by atoms with Gasteiger partial charge in [-0.15, -0.1) is 0 Å². The van der Waals surface area contributed by atoms with Crippen molar-refractivity contribution in [3.05, 3.63) is 75.3 Å². The molecule has 2 N–H and O–H groups in total. The van der Waals surface area contributed by atoms with Gasteiger partial charge in [0, 0.05) is 35.7 Å². The van der Waals surface area contributed by atoms with Gasteiger partial charge in [0.05, 0.1) is 27.7 Å². The number of fused-ring (bicyclic) bond motifs is 1. The quantitative estimate of drug-likeness (QED) is 0.424. The number of amides is 1. The van der Waals surface area contributed by atoms with E-state index in [-0.39, 0.29) is 28.9 Å². The monoisotopic (exact) mass is 493 g/mol. The van der Waals surface area contributed by atoms with Crippen molar-refractivity contribution in [1.82, 2.24) is 25.1 Å². The van der Waals surface area contributed by atoms with Gasteiger partial charge >= 0.3 is 0 Å². The van der Waals surface area contributed by atoms with Crippen LogP contribution >= 0.6 is 0 Å². The van der Waals surface area contributed by atoms with Gasteiger partial charge in [-0.25, -0.2) is 18.1 Å². The normalized spacial score (nSPS) is 11.8. The minimum Gasteiger partial charge on any atom is -0.348 e. The van der Waals surface area contributed by atoms with E-state index in [0.29, 0.717) is 33.4 Å². The van der Waals surface area contributed by atoms with E-state index in [1.807, 2.05) is 26.8 Å². The fraction of sp³-hybridized carbons (Fsp3) is 0.280. The fourth-order valence-electron chi connectivity index (χ4n) is 3.97. The fourth-order valence-corrected chi connectivity index (χ4v) is 4.60. The lowest BCUT2D eigenvalue weighted by Crippen LogP contribution is -2.28. The highest BCUT2D eigenvalue weighted by molar-refractivity contribution is 7.90. The maximum atomic E-state index is 13.3. The summed E-state index contributed by atoms with van der Waals surface area (Å²) in [7, 11) is -3.34. The van der Waals surface area contributed by atoms with Crippen molar-refractivity contribution in [2.75, 3.05) is 6.26 Å². The Morgan fingerprint density at radius 3 is 2.43 bits per heavy atom. The Morgan fingerprint density at radius 1 is 1.14 bits per heavy atom. The summed E-state index contributed by atoms with van der Waals surface area (Å²) in [6.45, 7) is 7.64. The Balaban J connectivity index is 1.77. The van der Waals surface area contributed by atoms with Crippen LogP contribution in [0.25, 0.3) is 22.3 Å². The molecular formula is C25H27N5O4S. The lowest BCUT2D eigenvalue weighted by molar-refractivity contribution is 0.0952. The summed E-state index contributed by atoms with van der Waals surface area (Å²) in [6, 6.07) is 9.89. The van der Waals surface area contributed by atoms with Gasteiger partial charge in [0.2, 0.25) is 0 Å². The van der Waals surface area contributed by atoms with Crippen molar-refractivity contribution in [3.63, 3.8) is 0 Å². The minimum atomic E-state index is -3.34. The first-order valence-electron chi connectivity index (χ1n) is 11.1. The average Bonchev–Trinajstić information content (AvgIpc) is 3.21. The topological polar surface area (TPSA) is 127 Å². The molecule has 9 nitrogen and oxygen atoms in total.